The van der Waals surface area contributed by atoms with Crippen LogP contribution in [0.3, 0.4) is 0 Å². The summed E-state index contributed by atoms with van der Waals surface area (Å²) in [6.07, 6.45) is 1.28. The molecule has 2 rings (SSSR count). The van der Waals surface area contributed by atoms with Gasteiger partial charge >= 0.3 is 0 Å². The Balaban J connectivity index is 1.84. The SMILES string of the molecule is CC(N)c1nc(CNC2CC2(C)C)cs1. The van der Waals surface area contributed by atoms with Crippen LogP contribution < -0.4 is 11.1 Å². The molecule has 3 N–H and O–H groups in total. The first kappa shape index (κ1) is 11.0. The number of aromatic nitrogens is 1. The molecule has 0 aliphatic heterocycles. The number of nitrogens with two attached hydrogens (primary N) is 1. The number of nitrogens with one attached hydrogen (secondary N) is 1. The number of hydrogen-bond acceptors (Lipinski definition) is 4. The molecule has 4 heteroatoms. The number of thiazole rings is 1. The molecule has 84 valence electrons. The molecule has 2 atom stereocenters. The molecule has 3 nitrogen and oxygen atoms in total. The number of rotatable bonds is 4. The molecule has 0 saturated heterocycles. The second-order valence-corrected chi connectivity index (χ2v) is 5.98. The predicted molar refractivity (Wildman–Crippen MR) is 63.7 cm³/mol. The molecular weight excluding hydrogens is 206 g/mol. The Morgan fingerprint density at radius 3 is 2.87 bits per heavy atom. The van der Waals surface area contributed by atoms with Crippen LogP contribution in [0.25, 0.3) is 0 Å². The average molecular weight is 225 g/mol. The summed E-state index contributed by atoms with van der Waals surface area (Å²) in [5.74, 6) is 0. The van der Waals surface area contributed by atoms with Crippen LogP contribution in [-0.2, 0) is 6.54 Å². The zero-order chi connectivity index (χ0) is 11.1. The van der Waals surface area contributed by atoms with Crippen molar-refractivity contribution in [1.82, 2.24) is 10.3 Å². The fraction of sp³-hybridized carbons (Fsp3) is 0.727. The lowest BCUT2D eigenvalue weighted by Crippen LogP contribution is -2.20. The maximum absolute atomic E-state index is 5.77. The lowest BCUT2D eigenvalue weighted by atomic mass is 10.2. The van der Waals surface area contributed by atoms with Crippen molar-refractivity contribution in [2.75, 3.05) is 0 Å². The summed E-state index contributed by atoms with van der Waals surface area (Å²) in [7, 11) is 0. The standard InChI is InChI=1S/C11H19N3S/c1-7(12)10-14-8(6-15-10)5-13-9-4-11(9,2)3/h6-7,9,13H,4-5,12H2,1-3H3. The Labute approximate surface area is 95.1 Å². The van der Waals surface area contributed by atoms with E-state index in [1.807, 2.05) is 6.92 Å². The summed E-state index contributed by atoms with van der Waals surface area (Å²) in [5.41, 5.74) is 7.37. The number of hydrogen-bond donors (Lipinski definition) is 2. The Hall–Kier alpha value is -0.450. The summed E-state index contributed by atoms with van der Waals surface area (Å²) >= 11 is 1.65. The summed E-state index contributed by atoms with van der Waals surface area (Å²) in [4.78, 5) is 4.49. The van der Waals surface area contributed by atoms with Crippen LogP contribution in [0.2, 0.25) is 0 Å². The summed E-state index contributed by atoms with van der Waals surface area (Å²) in [6.45, 7) is 7.43. The number of nitrogens with zero attached hydrogens (tertiary/aromatic N) is 1. The van der Waals surface area contributed by atoms with E-state index in [1.54, 1.807) is 11.3 Å². The highest BCUT2D eigenvalue weighted by atomic mass is 32.1. The predicted octanol–water partition coefficient (Wildman–Crippen LogP) is 2.05. The van der Waals surface area contributed by atoms with Gasteiger partial charge < -0.3 is 11.1 Å². The molecule has 0 aromatic carbocycles. The van der Waals surface area contributed by atoms with Crippen LogP contribution in [0.4, 0.5) is 0 Å². The quantitative estimate of drug-likeness (QED) is 0.824. The van der Waals surface area contributed by atoms with Crippen LogP contribution in [0, 0.1) is 5.41 Å². The lowest BCUT2D eigenvalue weighted by Gasteiger charge is -2.04. The van der Waals surface area contributed by atoms with Crippen molar-refractivity contribution in [3.8, 4) is 0 Å². The van der Waals surface area contributed by atoms with Gasteiger partial charge in [-0.25, -0.2) is 4.98 Å². The Morgan fingerprint density at radius 1 is 1.73 bits per heavy atom. The largest absolute Gasteiger partial charge is 0.322 e. The zero-order valence-corrected chi connectivity index (χ0v) is 10.4. The highest BCUT2D eigenvalue weighted by molar-refractivity contribution is 7.09. The van der Waals surface area contributed by atoms with Crippen molar-refractivity contribution in [3.05, 3.63) is 16.1 Å². The molecule has 0 bridgehead atoms. The highest BCUT2D eigenvalue weighted by Gasteiger charge is 2.45. The van der Waals surface area contributed by atoms with Gasteiger partial charge in [-0.05, 0) is 18.8 Å². The second kappa shape index (κ2) is 3.85. The molecule has 1 saturated carbocycles. The van der Waals surface area contributed by atoms with Crippen molar-refractivity contribution in [1.29, 1.82) is 0 Å². The van der Waals surface area contributed by atoms with Crippen molar-refractivity contribution in [2.45, 2.75) is 45.8 Å². The summed E-state index contributed by atoms with van der Waals surface area (Å²) < 4.78 is 0. The maximum atomic E-state index is 5.77. The van der Waals surface area contributed by atoms with Crippen LogP contribution in [-0.4, -0.2) is 11.0 Å². The van der Waals surface area contributed by atoms with Gasteiger partial charge in [0.15, 0.2) is 0 Å². The van der Waals surface area contributed by atoms with Gasteiger partial charge in [0.1, 0.15) is 5.01 Å². The minimum absolute atomic E-state index is 0.0566. The topological polar surface area (TPSA) is 50.9 Å². The first-order chi connectivity index (χ1) is 6.99. The third-order valence-corrected chi connectivity index (χ3v) is 4.10. The second-order valence-electron chi connectivity index (χ2n) is 5.09. The van der Waals surface area contributed by atoms with E-state index in [1.165, 1.54) is 6.42 Å². The van der Waals surface area contributed by atoms with Crippen molar-refractivity contribution >= 4 is 11.3 Å². The smallest absolute Gasteiger partial charge is 0.109 e. The van der Waals surface area contributed by atoms with Crippen molar-refractivity contribution in [3.63, 3.8) is 0 Å². The maximum Gasteiger partial charge on any atom is 0.109 e. The van der Waals surface area contributed by atoms with E-state index in [2.05, 4.69) is 29.5 Å². The van der Waals surface area contributed by atoms with Crippen molar-refractivity contribution in [2.24, 2.45) is 11.1 Å². The van der Waals surface area contributed by atoms with E-state index < -0.39 is 0 Å². The monoisotopic (exact) mass is 225 g/mol. The molecule has 0 spiro atoms. The lowest BCUT2D eigenvalue weighted by molar-refractivity contribution is 0.538. The van der Waals surface area contributed by atoms with Gasteiger partial charge in [-0.2, -0.15) is 0 Å². The molecule has 0 radical (unpaired) electrons. The van der Waals surface area contributed by atoms with Crippen molar-refractivity contribution < 1.29 is 0 Å². The first-order valence-electron chi connectivity index (χ1n) is 5.42. The van der Waals surface area contributed by atoms with E-state index >= 15 is 0 Å². The van der Waals surface area contributed by atoms with Gasteiger partial charge in [0.05, 0.1) is 11.7 Å². The van der Waals surface area contributed by atoms with E-state index in [4.69, 9.17) is 5.73 Å². The van der Waals surface area contributed by atoms with E-state index in [0.717, 1.165) is 17.2 Å². The van der Waals surface area contributed by atoms with E-state index in [-0.39, 0.29) is 6.04 Å². The van der Waals surface area contributed by atoms with Crippen LogP contribution in [0.5, 0.6) is 0 Å². The van der Waals surface area contributed by atoms with Crippen LogP contribution >= 0.6 is 11.3 Å². The molecule has 1 aromatic rings. The summed E-state index contributed by atoms with van der Waals surface area (Å²) in [5, 5.41) is 6.65. The first-order valence-corrected chi connectivity index (χ1v) is 6.30. The van der Waals surface area contributed by atoms with Gasteiger partial charge in [-0.3, -0.25) is 0 Å². The normalized spacial score (nSPS) is 25.2. The Bertz CT molecular complexity index is 343. The van der Waals surface area contributed by atoms with Crippen LogP contribution in [0.1, 0.15) is 43.9 Å². The molecule has 0 amide bonds. The third kappa shape index (κ3) is 2.56. The molecule has 1 aliphatic rings. The van der Waals surface area contributed by atoms with E-state index in [0.29, 0.717) is 11.5 Å². The van der Waals surface area contributed by atoms with E-state index in [9.17, 15) is 0 Å². The zero-order valence-electron chi connectivity index (χ0n) is 9.58. The van der Waals surface area contributed by atoms with Gasteiger partial charge in [0.2, 0.25) is 0 Å². The fourth-order valence-electron chi connectivity index (χ4n) is 1.66. The molecule has 2 unspecified atom stereocenters. The molecular formula is C11H19N3S. The Kier molecular flexibility index (Phi) is 2.83. The molecule has 1 heterocycles. The minimum Gasteiger partial charge on any atom is -0.322 e. The van der Waals surface area contributed by atoms with Gasteiger partial charge in [0, 0.05) is 18.0 Å². The van der Waals surface area contributed by atoms with Gasteiger partial charge in [-0.15, -0.1) is 11.3 Å². The van der Waals surface area contributed by atoms with Gasteiger partial charge in [0.25, 0.3) is 0 Å². The Morgan fingerprint density at radius 2 is 2.40 bits per heavy atom. The molecule has 15 heavy (non-hydrogen) atoms. The average Bonchev–Trinajstić information content (AvgIpc) is 2.63. The molecule has 1 fully saturated rings. The van der Waals surface area contributed by atoms with Gasteiger partial charge in [-0.1, -0.05) is 13.8 Å². The van der Waals surface area contributed by atoms with Crippen LogP contribution in [0.15, 0.2) is 5.38 Å². The molecule has 1 aliphatic carbocycles. The minimum atomic E-state index is 0.0566. The third-order valence-electron chi connectivity index (χ3n) is 3.00. The molecule has 1 aromatic heterocycles. The fourth-order valence-corrected chi connectivity index (χ4v) is 2.43. The summed E-state index contributed by atoms with van der Waals surface area (Å²) in [6, 6.07) is 0.721. The highest BCUT2D eigenvalue weighted by Crippen LogP contribution is 2.44.